The number of carbonyl (C=O) groups is 2. The number of amides is 2. The lowest BCUT2D eigenvalue weighted by molar-refractivity contribution is -0.123. The molecule has 0 unspecified atom stereocenters. The number of hydrogen-bond acceptors (Lipinski definition) is 2. The van der Waals surface area contributed by atoms with Gasteiger partial charge in [-0.3, -0.25) is 14.5 Å². The SMILES string of the molecule is O=C1[C@@H]2[C@H](C(=O)N1c1ccc(Br)cc1)[C@H]1C=C[C@@H]2C12CC2. The van der Waals surface area contributed by atoms with Crippen molar-refractivity contribution in [2.75, 3.05) is 4.90 Å². The van der Waals surface area contributed by atoms with Crippen LogP contribution in [-0.4, -0.2) is 11.8 Å². The van der Waals surface area contributed by atoms with E-state index < -0.39 is 0 Å². The van der Waals surface area contributed by atoms with E-state index in [1.807, 2.05) is 24.3 Å². The minimum absolute atomic E-state index is 0.00967. The Kier molecular flexibility index (Phi) is 2.12. The van der Waals surface area contributed by atoms with Crippen LogP contribution in [0.25, 0.3) is 0 Å². The molecule has 3 nitrogen and oxygen atoms in total. The Labute approximate surface area is 131 Å². The highest BCUT2D eigenvalue weighted by molar-refractivity contribution is 9.10. The van der Waals surface area contributed by atoms with E-state index in [1.54, 1.807) is 0 Å². The zero-order valence-corrected chi connectivity index (χ0v) is 12.9. The first-order valence-electron chi connectivity index (χ1n) is 7.45. The molecule has 2 saturated carbocycles. The van der Waals surface area contributed by atoms with E-state index in [4.69, 9.17) is 0 Å². The number of hydrogen-bond donors (Lipinski definition) is 0. The molecule has 0 aromatic heterocycles. The van der Waals surface area contributed by atoms with Gasteiger partial charge >= 0.3 is 0 Å². The maximum Gasteiger partial charge on any atom is 0.238 e. The van der Waals surface area contributed by atoms with Crippen molar-refractivity contribution in [1.29, 1.82) is 0 Å². The van der Waals surface area contributed by atoms with Gasteiger partial charge in [-0.05, 0) is 54.4 Å². The van der Waals surface area contributed by atoms with Crippen LogP contribution in [0.1, 0.15) is 12.8 Å². The lowest BCUT2D eigenvalue weighted by Gasteiger charge is -2.21. The molecule has 5 rings (SSSR count). The van der Waals surface area contributed by atoms with Gasteiger partial charge in [0, 0.05) is 4.47 Å². The van der Waals surface area contributed by atoms with Crippen molar-refractivity contribution in [3.8, 4) is 0 Å². The summed E-state index contributed by atoms with van der Waals surface area (Å²) in [5.74, 6) is 0.386. The number of anilines is 1. The summed E-state index contributed by atoms with van der Waals surface area (Å²) >= 11 is 3.39. The zero-order chi connectivity index (χ0) is 14.4. The largest absolute Gasteiger partial charge is 0.274 e. The van der Waals surface area contributed by atoms with E-state index in [0.29, 0.717) is 17.5 Å². The number of rotatable bonds is 1. The molecule has 3 aliphatic carbocycles. The van der Waals surface area contributed by atoms with Crippen molar-refractivity contribution in [3.63, 3.8) is 0 Å². The highest BCUT2D eigenvalue weighted by atomic mass is 79.9. The van der Waals surface area contributed by atoms with E-state index in [9.17, 15) is 9.59 Å². The first kappa shape index (κ1) is 12.2. The molecule has 4 aliphatic rings. The molecule has 4 heteroatoms. The molecular formula is C17H14BrNO2. The summed E-state index contributed by atoms with van der Waals surface area (Å²) in [6.07, 6.45) is 6.77. The molecule has 21 heavy (non-hydrogen) atoms. The number of halogens is 1. The minimum Gasteiger partial charge on any atom is -0.274 e. The van der Waals surface area contributed by atoms with Gasteiger partial charge in [0.15, 0.2) is 0 Å². The van der Waals surface area contributed by atoms with Crippen LogP contribution in [0.2, 0.25) is 0 Å². The maximum absolute atomic E-state index is 12.8. The van der Waals surface area contributed by atoms with Gasteiger partial charge in [0.1, 0.15) is 0 Å². The van der Waals surface area contributed by atoms with E-state index >= 15 is 0 Å². The molecule has 0 radical (unpaired) electrons. The third-order valence-electron chi connectivity index (χ3n) is 5.94. The number of nitrogens with zero attached hydrogens (tertiary/aromatic N) is 1. The Bertz CT molecular complexity index is 670. The van der Waals surface area contributed by atoms with E-state index in [-0.39, 0.29) is 29.1 Å². The van der Waals surface area contributed by atoms with E-state index in [0.717, 1.165) is 4.47 Å². The van der Waals surface area contributed by atoms with Crippen molar-refractivity contribution >= 4 is 33.4 Å². The van der Waals surface area contributed by atoms with Crippen LogP contribution < -0.4 is 4.90 Å². The molecule has 1 aliphatic heterocycles. The summed E-state index contributed by atoms with van der Waals surface area (Å²) in [4.78, 5) is 27.1. The predicted octanol–water partition coefficient (Wildman–Crippen LogP) is 3.15. The van der Waals surface area contributed by atoms with Gasteiger partial charge in [-0.25, -0.2) is 0 Å². The second kappa shape index (κ2) is 3.67. The fourth-order valence-electron chi connectivity index (χ4n) is 4.92. The molecular weight excluding hydrogens is 330 g/mol. The Morgan fingerprint density at radius 3 is 1.95 bits per heavy atom. The van der Waals surface area contributed by atoms with Crippen LogP contribution in [0.3, 0.4) is 0 Å². The average molecular weight is 344 g/mol. The molecule has 1 heterocycles. The van der Waals surface area contributed by atoms with Gasteiger partial charge in [0.2, 0.25) is 11.8 Å². The van der Waals surface area contributed by atoms with Crippen molar-refractivity contribution in [2.45, 2.75) is 12.8 Å². The molecule has 2 amide bonds. The molecule has 1 saturated heterocycles. The molecule has 4 atom stereocenters. The van der Waals surface area contributed by atoms with Crippen molar-refractivity contribution in [3.05, 3.63) is 40.9 Å². The summed E-state index contributed by atoms with van der Waals surface area (Å²) in [7, 11) is 0. The second-order valence-corrected chi connectivity index (χ2v) is 7.63. The predicted molar refractivity (Wildman–Crippen MR) is 81.4 cm³/mol. The summed E-state index contributed by atoms with van der Waals surface area (Å²) < 4.78 is 0.948. The van der Waals surface area contributed by atoms with Crippen LogP contribution in [-0.2, 0) is 9.59 Å². The van der Waals surface area contributed by atoms with Gasteiger partial charge in [-0.15, -0.1) is 0 Å². The smallest absolute Gasteiger partial charge is 0.238 e. The number of fused-ring (bicyclic) bond motifs is 3. The minimum atomic E-state index is -0.112. The molecule has 1 spiro atoms. The summed E-state index contributed by atoms with van der Waals surface area (Å²) in [6.45, 7) is 0. The van der Waals surface area contributed by atoms with Gasteiger partial charge in [0.25, 0.3) is 0 Å². The van der Waals surface area contributed by atoms with Crippen LogP contribution >= 0.6 is 15.9 Å². The first-order chi connectivity index (χ1) is 10.1. The Hall–Kier alpha value is -1.42. The van der Waals surface area contributed by atoms with E-state index in [1.165, 1.54) is 17.7 Å². The molecule has 2 bridgehead atoms. The summed E-state index contributed by atoms with van der Waals surface area (Å²) in [6, 6.07) is 7.42. The number of benzene rings is 1. The second-order valence-electron chi connectivity index (χ2n) is 6.71. The molecule has 3 fully saturated rings. The summed E-state index contributed by atoms with van der Waals surface area (Å²) in [5, 5.41) is 0. The average Bonchev–Trinajstić information content (AvgIpc) is 3.07. The highest BCUT2D eigenvalue weighted by Crippen LogP contribution is 2.73. The Morgan fingerprint density at radius 2 is 1.48 bits per heavy atom. The molecule has 1 aromatic carbocycles. The van der Waals surface area contributed by atoms with Crippen LogP contribution in [0, 0.1) is 29.1 Å². The van der Waals surface area contributed by atoms with Gasteiger partial charge in [0.05, 0.1) is 17.5 Å². The van der Waals surface area contributed by atoms with Gasteiger partial charge in [-0.2, -0.15) is 0 Å². The van der Waals surface area contributed by atoms with Crippen LogP contribution in [0.4, 0.5) is 5.69 Å². The molecule has 1 aromatic rings. The number of carbonyl (C=O) groups excluding carboxylic acids is 2. The quantitative estimate of drug-likeness (QED) is 0.580. The van der Waals surface area contributed by atoms with Crippen LogP contribution in [0.15, 0.2) is 40.9 Å². The lowest BCUT2D eigenvalue weighted by Crippen LogP contribution is -2.34. The van der Waals surface area contributed by atoms with Crippen LogP contribution in [0.5, 0.6) is 0 Å². The van der Waals surface area contributed by atoms with Gasteiger partial charge < -0.3 is 0 Å². The standard InChI is InChI=1S/C17H14BrNO2/c18-9-1-3-10(4-2-9)19-15(20)13-11-5-6-12(14(13)16(19)21)17(11)7-8-17/h1-6,11-14H,7-8H2/t11-,12+,13-,14+. The van der Waals surface area contributed by atoms with Crippen molar-refractivity contribution < 1.29 is 9.59 Å². The van der Waals surface area contributed by atoms with Crippen molar-refractivity contribution in [2.24, 2.45) is 29.1 Å². The van der Waals surface area contributed by atoms with E-state index in [2.05, 4.69) is 28.1 Å². The lowest BCUT2D eigenvalue weighted by atomic mass is 9.85. The first-order valence-corrected chi connectivity index (χ1v) is 8.24. The Balaban J connectivity index is 1.57. The fraction of sp³-hybridized carbons (Fsp3) is 0.412. The molecule has 106 valence electrons. The van der Waals surface area contributed by atoms with Gasteiger partial charge in [-0.1, -0.05) is 28.1 Å². The fourth-order valence-corrected chi connectivity index (χ4v) is 5.19. The third kappa shape index (κ3) is 1.30. The van der Waals surface area contributed by atoms with Crippen molar-refractivity contribution in [1.82, 2.24) is 0 Å². The zero-order valence-electron chi connectivity index (χ0n) is 11.3. The topological polar surface area (TPSA) is 37.4 Å². The maximum atomic E-state index is 12.8. The third-order valence-corrected chi connectivity index (χ3v) is 6.47. The Morgan fingerprint density at radius 1 is 0.952 bits per heavy atom. The highest BCUT2D eigenvalue weighted by Gasteiger charge is 2.73. The number of allylic oxidation sites excluding steroid dienone is 2. The summed E-state index contributed by atoms with van der Waals surface area (Å²) in [5.41, 5.74) is 0.971. The molecule has 0 N–H and O–H groups in total. The normalized spacial score (nSPS) is 37.7. The number of imide groups is 1. The monoisotopic (exact) mass is 343 g/mol.